The Kier molecular flexibility index (Phi) is 4.23. The lowest BCUT2D eigenvalue weighted by molar-refractivity contribution is -0.135. The van der Waals surface area contributed by atoms with E-state index in [1.54, 1.807) is 13.8 Å². The van der Waals surface area contributed by atoms with Gasteiger partial charge in [0.15, 0.2) is 5.78 Å². The molecule has 0 aliphatic carbocycles. The number of rotatable bonds is 4. The van der Waals surface area contributed by atoms with Crippen LogP contribution in [0.3, 0.4) is 0 Å². The molecule has 0 aliphatic rings. The Labute approximate surface area is 60.7 Å². The molecule has 0 aliphatic heterocycles. The standard InChI is InChI=1S/C7H14O3/c1-3-5(8)7(10)6(9)4-2/h5-6,8-9H,3-4H2,1-2H3/t5-,6+. The van der Waals surface area contributed by atoms with Gasteiger partial charge in [0.25, 0.3) is 0 Å². The molecule has 10 heavy (non-hydrogen) atoms. The van der Waals surface area contributed by atoms with E-state index in [1.165, 1.54) is 0 Å². The van der Waals surface area contributed by atoms with Crippen molar-refractivity contribution in [3.8, 4) is 0 Å². The van der Waals surface area contributed by atoms with Crippen LogP contribution in [0.4, 0.5) is 0 Å². The molecule has 0 saturated heterocycles. The molecule has 0 amide bonds. The molecule has 3 nitrogen and oxygen atoms in total. The van der Waals surface area contributed by atoms with E-state index in [-0.39, 0.29) is 0 Å². The van der Waals surface area contributed by atoms with E-state index < -0.39 is 18.0 Å². The number of hydrogen-bond acceptors (Lipinski definition) is 3. The number of carbonyl (C=O) groups excluding carboxylic acids is 1. The van der Waals surface area contributed by atoms with Gasteiger partial charge in [0.1, 0.15) is 12.2 Å². The zero-order chi connectivity index (χ0) is 8.15. The Morgan fingerprint density at radius 1 is 1.20 bits per heavy atom. The fourth-order valence-corrected chi connectivity index (χ4v) is 0.624. The minimum absolute atomic E-state index is 0.371. The maximum absolute atomic E-state index is 10.8. The fraction of sp³-hybridized carbons (Fsp3) is 0.857. The second-order valence-corrected chi connectivity index (χ2v) is 2.25. The smallest absolute Gasteiger partial charge is 0.189 e. The summed E-state index contributed by atoms with van der Waals surface area (Å²) < 4.78 is 0. The molecular weight excluding hydrogens is 132 g/mol. The van der Waals surface area contributed by atoms with Crippen molar-refractivity contribution in [2.45, 2.75) is 38.9 Å². The first-order chi connectivity index (χ1) is 4.63. The van der Waals surface area contributed by atoms with Gasteiger partial charge in [-0.3, -0.25) is 4.79 Å². The highest BCUT2D eigenvalue weighted by atomic mass is 16.3. The molecule has 0 fully saturated rings. The van der Waals surface area contributed by atoms with Crippen molar-refractivity contribution in [2.24, 2.45) is 0 Å². The summed E-state index contributed by atoms with van der Waals surface area (Å²) in [6.45, 7) is 3.40. The van der Waals surface area contributed by atoms with Gasteiger partial charge in [-0.25, -0.2) is 0 Å². The lowest BCUT2D eigenvalue weighted by atomic mass is 10.1. The number of hydrogen-bond donors (Lipinski definition) is 2. The number of Topliss-reactive ketones (excluding diaryl/α,β-unsaturated/α-hetero) is 1. The van der Waals surface area contributed by atoms with Crippen LogP contribution in [0.5, 0.6) is 0 Å². The van der Waals surface area contributed by atoms with Crippen molar-refractivity contribution < 1.29 is 15.0 Å². The van der Waals surface area contributed by atoms with Gasteiger partial charge in [-0.05, 0) is 12.8 Å². The zero-order valence-electron chi connectivity index (χ0n) is 6.37. The molecule has 0 spiro atoms. The normalized spacial score (nSPS) is 16.4. The lowest BCUT2D eigenvalue weighted by Crippen LogP contribution is -2.30. The third kappa shape index (κ3) is 2.45. The minimum atomic E-state index is -0.991. The topological polar surface area (TPSA) is 57.5 Å². The Hall–Kier alpha value is -0.410. The highest BCUT2D eigenvalue weighted by Crippen LogP contribution is 1.99. The molecule has 0 bridgehead atoms. The average Bonchev–Trinajstić information content (AvgIpc) is 2.00. The summed E-state index contributed by atoms with van der Waals surface area (Å²) in [6.07, 6.45) is -1.24. The van der Waals surface area contributed by atoms with Gasteiger partial charge in [0, 0.05) is 0 Å². The SMILES string of the molecule is CC[C@@H](O)C(=O)[C@@H](O)CC. The monoisotopic (exact) mass is 146 g/mol. The highest BCUT2D eigenvalue weighted by molar-refractivity contribution is 5.86. The minimum Gasteiger partial charge on any atom is -0.385 e. The van der Waals surface area contributed by atoms with Gasteiger partial charge < -0.3 is 10.2 Å². The fourth-order valence-electron chi connectivity index (χ4n) is 0.624. The molecular formula is C7H14O3. The van der Waals surface area contributed by atoms with Crippen molar-refractivity contribution in [3.63, 3.8) is 0 Å². The van der Waals surface area contributed by atoms with Crippen LogP contribution >= 0.6 is 0 Å². The predicted octanol–water partition coefficient (Wildman–Crippen LogP) is 0.0973. The number of aliphatic hydroxyl groups excluding tert-OH is 2. The maximum Gasteiger partial charge on any atom is 0.189 e. The maximum atomic E-state index is 10.8. The van der Waals surface area contributed by atoms with Gasteiger partial charge in [-0.1, -0.05) is 13.8 Å². The Morgan fingerprint density at radius 3 is 1.70 bits per heavy atom. The first-order valence-corrected chi connectivity index (χ1v) is 3.53. The second-order valence-electron chi connectivity index (χ2n) is 2.25. The number of aliphatic hydroxyl groups is 2. The average molecular weight is 146 g/mol. The molecule has 0 unspecified atom stereocenters. The molecule has 0 rings (SSSR count). The summed E-state index contributed by atoms with van der Waals surface area (Å²) in [4.78, 5) is 10.8. The summed E-state index contributed by atoms with van der Waals surface area (Å²) in [6, 6.07) is 0. The van der Waals surface area contributed by atoms with E-state index in [9.17, 15) is 4.79 Å². The second kappa shape index (κ2) is 4.41. The molecule has 0 aromatic heterocycles. The van der Waals surface area contributed by atoms with Crippen molar-refractivity contribution >= 4 is 5.78 Å². The summed E-state index contributed by atoms with van der Waals surface area (Å²) in [5.74, 6) is -0.468. The molecule has 2 N–H and O–H groups in total. The first kappa shape index (κ1) is 9.59. The van der Waals surface area contributed by atoms with E-state index in [1.807, 2.05) is 0 Å². The molecule has 0 heterocycles. The first-order valence-electron chi connectivity index (χ1n) is 3.53. The molecule has 0 aromatic rings. The van der Waals surface area contributed by atoms with Crippen molar-refractivity contribution in [1.29, 1.82) is 0 Å². The van der Waals surface area contributed by atoms with Gasteiger partial charge >= 0.3 is 0 Å². The van der Waals surface area contributed by atoms with Gasteiger partial charge in [-0.15, -0.1) is 0 Å². The van der Waals surface area contributed by atoms with Crippen LogP contribution < -0.4 is 0 Å². The zero-order valence-corrected chi connectivity index (χ0v) is 6.37. The third-order valence-corrected chi connectivity index (χ3v) is 1.43. The van der Waals surface area contributed by atoms with E-state index in [4.69, 9.17) is 10.2 Å². The van der Waals surface area contributed by atoms with Crippen LogP contribution in [0.15, 0.2) is 0 Å². The van der Waals surface area contributed by atoms with Gasteiger partial charge in [-0.2, -0.15) is 0 Å². The van der Waals surface area contributed by atoms with Crippen LogP contribution in [-0.2, 0) is 4.79 Å². The van der Waals surface area contributed by atoms with Crippen molar-refractivity contribution in [1.82, 2.24) is 0 Å². The molecule has 0 radical (unpaired) electrons. The van der Waals surface area contributed by atoms with Crippen LogP contribution in [0.1, 0.15) is 26.7 Å². The summed E-state index contributed by atoms with van der Waals surface area (Å²) >= 11 is 0. The Bertz CT molecular complexity index is 99.4. The van der Waals surface area contributed by atoms with Gasteiger partial charge in [0.05, 0.1) is 0 Å². The van der Waals surface area contributed by atoms with E-state index >= 15 is 0 Å². The van der Waals surface area contributed by atoms with Crippen LogP contribution in [0, 0.1) is 0 Å². The molecule has 0 saturated carbocycles. The Morgan fingerprint density at radius 2 is 1.50 bits per heavy atom. The quantitative estimate of drug-likeness (QED) is 0.591. The summed E-state index contributed by atoms with van der Waals surface area (Å²) in [5.41, 5.74) is 0. The Balaban J connectivity index is 3.82. The van der Waals surface area contributed by atoms with Crippen LogP contribution in [-0.4, -0.2) is 28.2 Å². The van der Waals surface area contributed by atoms with Crippen LogP contribution in [0.25, 0.3) is 0 Å². The lowest BCUT2D eigenvalue weighted by Gasteiger charge is -2.10. The predicted molar refractivity (Wildman–Crippen MR) is 37.6 cm³/mol. The summed E-state index contributed by atoms with van der Waals surface area (Å²) in [5, 5.41) is 17.8. The number of ketones is 1. The molecule has 2 atom stereocenters. The van der Waals surface area contributed by atoms with E-state index in [0.29, 0.717) is 12.8 Å². The molecule has 60 valence electrons. The van der Waals surface area contributed by atoms with Gasteiger partial charge in [0.2, 0.25) is 0 Å². The van der Waals surface area contributed by atoms with Crippen molar-refractivity contribution in [3.05, 3.63) is 0 Å². The van der Waals surface area contributed by atoms with Crippen molar-refractivity contribution in [2.75, 3.05) is 0 Å². The largest absolute Gasteiger partial charge is 0.385 e. The van der Waals surface area contributed by atoms with Crippen LogP contribution in [0.2, 0.25) is 0 Å². The number of carbonyl (C=O) groups is 1. The highest BCUT2D eigenvalue weighted by Gasteiger charge is 2.19. The summed E-state index contributed by atoms with van der Waals surface area (Å²) in [7, 11) is 0. The molecule has 3 heteroatoms. The van der Waals surface area contributed by atoms with E-state index in [2.05, 4.69) is 0 Å². The van der Waals surface area contributed by atoms with E-state index in [0.717, 1.165) is 0 Å². The third-order valence-electron chi connectivity index (χ3n) is 1.43. The molecule has 0 aromatic carbocycles.